The smallest absolute Gasteiger partial charge is 0.255 e. The summed E-state index contributed by atoms with van der Waals surface area (Å²) in [5, 5.41) is 2.89. The fraction of sp³-hybridized carbons (Fsp3) is 0.0714. The van der Waals surface area contributed by atoms with Crippen LogP contribution >= 0.6 is 28.6 Å². The molecule has 92 valence electrons. The average Bonchev–Trinajstić information content (AvgIpc) is 2.34. The summed E-state index contributed by atoms with van der Waals surface area (Å²) >= 11 is 7.58. The van der Waals surface area contributed by atoms with E-state index in [2.05, 4.69) is 33.9 Å². The largest absolute Gasteiger partial charge is 0.322 e. The van der Waals surface area contributed by atoms with E-state index in [1.54, 1.807) is 24.3 Å². The van der Waals surface area contributed by atoms with Gasteiger partial charge in [-0.05, 0) is 48.9 Å². The molecule has 0 atom stereocenters. The lowest BCUT2D eigenvalue weighted by Gasteiger charge is -2.09. The molecule has 18 heavy (non-hydrogen) atoms. The molecule has 0 spiro atoms. The first kappa shape index (κ1) is 13.2. The quantitative estimate of drug-likeness (QED) is 0.793. The van der Waals surface area contributed by atoms with Gasteiger partial charge < -0.3 is 5.32 Å². The molecule has 0 saturated heterocycles. The number of hydrogen-bond donors (Lipinski definition) is 2. The molecule has 1 amide bonds. The van der Waals surface area contributed by atoms with Gasteiger partial charge in [-0.15, -0.1) is 12.6 Å². The molecule has 0 heterocycles. The molecule has 0 aromatic heterocycles. The summed E-state index contributed by atoms with van der Waals surface area (Å²) in [5.74, 6) is -0.121. The van der Waals surface area contributed by atoms with E-state index >= 15 is 0 Å². The topological polar surface area (TPSA) is 29.1 Å². The fourth-order valence-corrected chi connectivity index (χ4v) is 2.05. The Morgan fingerprint density at radius 2 is 1.83 bits per heavy atom. The van der Waals surface area contributed by atoms with Crippen LogP contribution in [0.5, 0.6) is 0 Å². The van der Waals surface area contributed by atoms with Gasteiger partial charge in [0.15, 0.2) is 0 Å². The Morgan fingerprint density at radius 3 is 2.50 bits per heavy atom. The molecule has 0 fully saturated rings. The summed E-state index contributed by atoms with van der Waals surface area (Å²) < 4.78 is 0.939. The first-order valence-corrected chi connectivity index (χ1v) is 6.67. The second kappa shape index (κ2) is 5.59. The number of hydrogen-bond acceptors (Lipinski definition) is 2. The highest BCUT2D eigenvalue weighted by molar-refractivity contribution is 9.10. The van der Waals surface area contributed by atoms with Gasteiger partial charge in [-0.1, -0.05) is 22.0 Å². The first-order valence-electron chi connectivity index (χ1n) is 5.43. The molecule has 0 aliphatic carbocycles. The Kier molecular flexibility index (Phi) is 4.09. The van der Waals surface area contributed by atoms with Crippen LogP contribution in [0, 0.1) is 6.92 Å². The lowest BCUT2D eigenvalue weighted by atomic mass is 10.1. The van der Waals surface area contributed by atoms with Gasteiger partial charge in [0.05, 0.1) is 0 Å². The molecule has 2 rings (SSSR count). The predicted molar refractivity (Wildman–Crippen MR) is 80.5 cm³/mol. The minimum Gasteiger partial charge on any atom is -0.322 e. The van der Waals surface area contributed by atoms with Crippen molar-refractivity contribution in [1.82, 2.24) is 0 Å². The summed E-state index contributed by atoms with van der Waals surface area (Å²) in [4.78, 5) is 12.9. The van der Waals surface area contributed by atoms with Crippen LogP contribution in [0.2, 0.25) is 0 Å². The predicted octanol–water partition coefficient (Wildman–Crippen LogP) is 4.30. The van der Waals surface area contributed by atoms with Crippen molar-refractivity contribution in [3.05, 3.63) is 58.1 Å². The molecular formula is C14H12BrNOS. The zero-order chi connectivity index (χ0) is 13.1. The van der Waals surface area contributed by atoms with Crippen LogP contribution in [0.25, 0.3) is 0 Å². The number of amides is 1. The number of benzene rings is 2. The molecule has 0 unspecified atom stereocenters. The van der Waals surface area contributed by atoms with Crippen LogP contribution in [0.1, 0.15) is 15.9 Å². The van der Waals surface area contributed by atoms with E-state index in [1.807, 2.05) is 25.1 Å². The lowest BCUT2D eigenvalue weighted by molar-refractivity contribution is 0.102. The Morgan fingerprint density at radius 1 is 1.17 bits per heavy atom. The number of carbonyl (C=O) groups is 1. The first-order chi connectivity index (χ1) is 8.56. The Bertz CT molecular complexity index is 581. The highest BCUT2D eigenvalue weighted by Gasteiger charge is 2.07. The number of carbonyl (C=O) groups excluding carboxylic acids is 1. The summed E-state index contributed by atoms with van der Waals surface area (Å²) in [5.41, 5.74) is 2.45. The van der Waals surface area contributed by atoms with Crippen molar-refractivity contribution in [3.8, 4) is 0 Å². The van der Waals surface area contributed by atoms with Crippen LogP contribution in [0.4, 0.5) is 5.69 Å². The van der Waals surface area contributed by atoms with Gasteiger partial charge in [0, 0.05) is 20.6 Å². The molecule has 0 aliphatic heterocycles. The summed E-state index contributed by atoms with van der Waals surface area (Å²) in [6.45, 7) is 1.96. The van der Waals surface area contributed by atoms with E-state index in [0.29, 0.717) is 5.56 Å². The summed E-state index contributed by atoms with van der Waals surface area (Å²) in [6, 6.07) is 12.9. The third kappa shape index (κ3) is 3.15. The van der Waals surface area contributed by atoms with Gasteiger partial charge in [0.25, 0.3) is 5.91 Å². The van der Waals surface area contributed by atoms with E-state index < -0.39 is 0 Å². The number of aryl methyl sites for hydroxylation is 1. The van der Waals surface area contributed by atoms with Gasteiger partial charge in [-0.3, -0.25) is 4.79 Å². The van der Waals surface area contributed by atoms with Crippen molar-refractivity contribution in [1.29, 1.82) is 0 Å². The number of nitrogens with one attached hydrogen (secondary N) is 1. The van der Waals surface area contributed by atoms with Gasteiger partial charge >= 0.3 is 0 Å². The molecule has 0 bridgehead atoms. The van der Waals surface area contributed by atoms with Crippen LogP contribution in [0.15, 0.2) is 51.8 Å². The van der Waals surface area contributed by atoms with Crippen molar-refractivity contribution in [2.75, 3.05) is 5.32 Å². The third-order valence-electron chi connectivity index (χ3n) is 2.58. The van der Waals surface area contributed by atoms with Crippen molar-refractivity contribution in [3.63, 3.8) is 0 Å². The minimum absolute atomic E-state index is 0.121. The Balaban J connectivity index is 2.21. The Labute approximate surface area is 120 Å². The fourth-order valence-electron chi connectivity index (χ4n) is 1.54. The number of rotatable bonds is 2. The van der Waals surface area contributed by atoms with E-state index in [9.17, 15) is 4.79 Å². The second-order valence-electron chi connectivity index (χ2n) is 3.96. The zero-order valence-corrected chi connectivity index (χ0v) is 12.3. The highest BCUT2D eigenvalue weighted by Crippen LogP contribution is 2.21. The van der Waals surface area contributed by atoms with E-state index in [0.717, 1.165) is 20.6 Å². The number of halogens is 1. The maximum atomic E-state index is 12.0. The maximum Gasteiger partial charge on any atom is 0.255 e. The highest BCUT2D eigenvalue weighted by atomic mass is 79.9. The van der Waals surface area contributed by atoms with E-state index in [-0.39, 0.29) is 5.91 Å². The molecule has 2 aromatic rings. The van der Waals surface area contributed by atoms with Gasteiger partial charge in [0.2, 0.25) is 0 Å². The zero-order valence-electron chi connectivity index (χ0n) is 9.77. The molecule has 0 radical (unpaired) electrons. The Hall–Kier alpha value is -1.26. The third-order valence-corrected chi connectivity index (χ3v) is 3.37. The number of anilines is 1. The molecule has 0 saturated carbocycles. The van der Waals surface area contributed by atoms with Crippen LogP contribution in [0.3, 0.4) is 0 Å². The molecule has 2 aromatic carbocycles. The van der Waals surface area contributed by atoms with E-state index in [1.165, 1.54) is 0 Å². The SMILES string of the molecule is Cc1ccc(Br)cc1NC(=O)c1ccc(S)cc1. The van der Waals surface area contributed by atoms with Gasteiger partial charge in [0.1, 0.15) is 0 Å². The van der Waals surface area contributed by atoms with Gasteiger partial charge in [-0.2, -0.15) is 0 Å². The van der Waals surface area contributed by atoms with Crippen LogP contribution in [-0.2, 0) is 0 Å². The number of thiol groups is 1. The molecule has 2 nitrogen and oxygen atoms in total. The lowest BCUT2D eigenvalue weighted by Crippen LogP contribution is -2.12. The summed E-state index contributed by atoms with van der Waals surface area (Å²) in [7, 11) is 0. The van der Waals surface area contributed by atoms with Crippen molar-refractivity contribution in [2.24, 2.45) is 0 Å². The maximum absolute atomic E-state index is 12.0. The van der Waals surface area contributed by atoms with Crippen molar-refractivity contribution in [2.45, 2.75) is 11.8 Å². The minimum atomic E-state index is -0.121. The van der Waals surface area contributed by atoms with Crippen LogP contribution in [-0.4, -0.2) is 5.91 Å². The van der Waals surface area contributed by atoms with E-state index in [4.69, 9.17) is 0 Å². The average molecular weight is 322 g/mol. The van der Waals surface area contributed by atoms with Crippen molar-refractivity contribution >= 4 is 40.2 Å². The summed E-state index contributed by atoms with van der Waals surface area (Å²) in [6.07, 6.45) is 0. The normalized spacial score (nSPS) is 10.2. The van der Waals surface area contributed by atoms with Crippen LogP contribution < -0.4 is 5.32 Å². The molecule has 1 N–H and O–H groups in total. The monoisotopic (exact) mass is 321 g/mol. The molecular weight excluding hydrogens is 310 g/mol. The van der Waals surface area contributed by atoms with Gasteiger partial charge in [-0.25, -0.2) is 0 Å². The standard InChI is InChI=1S/C14H12BrNOS/c1-9-2-5-11(15)8-13(9)16-14(17)10-3-6-12(18)7-4-10/h2-8,18H,1H3,(H,16,17). The van der Waals surface area contributed by atoms with Crippen molar-refractivity contribution < 1.29 is 4.79 Å². The second-order valence-corrected chi connectivity index (χ2v) is 5.39. The molecule has 4 heteroatoms. The molecule has 0 aliphatic rings.